The average molecular weight is 396 g/mol. The SMILES string of the molecule is COc1cc(-c2n[nH]c(-c3c[nH]c4ccccc34)n2)ccc1OCc1ccccc1. The third kappa shape index (κ3) is 3.39. The molecule has 6 heteroatoms. The van der Waals surface area contributed by atoms with Crippen LogP contribution in [0.3, 0.4) is 0 Å². The summed E-state index contributed by atoms with van der Waals surface area (Å²) in [5.74, 6) is 2.63. The third-order valence-electron chi connectivity index (χ3n) is 4.99. The summed E-state index contributed by atoms with van der Waals surface area (Å²) in [7, 11) is 1.63. The minimum absolute atomic E-state index is 0.474. The van der Waals surface area contributed by atoms with Crippen LogP contribution in [0.2, 0.25) is 0 Å². The van der Waals surface area contributed by atoms with E-state index in [2.05, 4.69) is 26.2 Å². The first kappa shape index (κ1) is 18.0. The number of benzene rings is 3. The van der Waals surface area contributed by atoms with E-state index >= 15 is 0 Å². The van der Waals surface area contributed by atoms with Crippen molar-refractivity contribution in [2.24, 2.45) is 0 Å². The molecule has 2 N–H and O–H groups in total. The maximum atomic E-state index is 5.94. The summed E-state index contributed by atoms with van der Waals surface area (Å²) >= 11 is 0. The number of aromatic amines is 2. The number of nitrogens with one attached hydrogen (secondary N) is 2. The molecule has 3 aromatic carbocycles. The number of hydrogen-bond donors (Lipinski definition) is 2. The van der Waals surface area contributed by atoms with Gasteiger partial charge in [-0.05, 0) is 29.8 Å². The van der Waals surface area contributed by atoms with Crippen LogP contribution in [0.25, 0.3) is 33.7 Å². The van der Waals surface area contributed by atoms with Crippen molar-refractivity contribution in [2.45, 2.75) is 6.61 Å². The molecule has 5 rings (SSSR count). The first-order chi connectivity index (χ1) is 14.8. The lowest BCUT2D eigenvalue weighted by molar-refractivity contribution is 0.284. The lowest BCUT2D eigenvalue weighted by Gasteiger charge is -2.11. The second kappa shape index (κ2) is 7.75. The molecule has 5 aromatic rings. The molecule has 0 aliphatic carbocycles. The summed E-state index contributed by atoms with van der Waals surface area (Å²) in [4.78, 5) is 7.95. The molecule has 0 radical (unpaired) electrons. The smallest absolute Gasteiger partial charge is 0.181 e. The van der Waals surface area contributed by atoms with Crippen molar-refractivity contribution in [2.75, 3.05) is 7.11 Å². The van der Waals surface area contributed by atoms with Gasteiger partial charge in [-0.15, -0.1) is 0 Å². The highest BCUT2D eigenvalue weighted by molar-refractivity contribution is 5.93. The monoisotopic (exact) mass is 396 g/mol. The van der Waals surface area contributed by atoms with Gasteiger partial charge in [0.1, 0.15) is 6.61 Å². The average Bonchev–Trinajstić information content (AvgIpc) is 3.45. The van der Waals surface area contributed by atoms with Crippen LogP contribution in [0.5, 0.6) is 11.5 Å². The molecule has 0 fully saturated rings. The molecule has 2 heterocycles. The van der Waals surface area contributed by atoms with Crippen LogP contribution in [0, 0.1) is 0 Å². The van der Waals surface area contributed by atoms with Crippen molar-refractivity contribution in [3.05, 3.63) is 84.6 Å². The molecule has 0 unspecified atom stereocenters. The molecular weight excluding hydrogens is 376 g/mol. The fraction of sp³-hybridized carbons (Fsp3) is 0.0833. The van der Waals surface area contributed by atoms with Gasteiger partial charge in [-0.3, -0.25) is 5.10 Å². The minimum atomic E-state index is 0.474. The fourth-order valence-corrected chi connectivity index (χ4v) is 3.44. The number of hydrogen-bond acceptors (Lipinski definition) is 4. The molecule has 2 aromatic heterocycles. The van der Waals surface area contributed by atoms with E-state index in [9.17, 15) is 0 Å². The predicted octanol–water partition coefficient (Wildman–Crippen LogP) is 5.21. The Balaban J connectivity index is 1.41. The number of nitrogens with zero attached hydrogens (tertiary/aromatic N) is 2. The number of fused-ring (bicyclic) bond motifs is 1. The Kier molecular flexibility index (Phi) is 4.65. The van der Waals surface area contributed by atoms with Crippen LogP contribution < -0.4 is 9.47 Å². The highest BCUT2D eigenvalue weighted by Crippen LogP contribution is 2.33. The van der Waals surface area contributed by atoms with Gasteiger partial charge in [0.15, 0.2) is 23.1 Å². The number of aromatic nitrogens is 4. The van der Waals surface area contributed by atoms with Gasteiger partial charge in [-0.1, -0.05) is 48.5 Å². The molecule has 0 aliphatic rings. The summed E-state index contributed by atoms with van der Waals surface area (Å²) in [6, 6.07) is 23.9. The zero-order valence-corrected chi connectivity index (χ0v) is 16.4. The Labute approximate surface area is 173 Å². The lowest BCUT2D eigenvalue weighted by atomic mass is 10.1. The highest BCUT2D eigenvalue weighted by atomic mass is 16.5. The quantitative estimate of drug-likeness (QED) is 0.413. The second-order valence-electron chi connectivity index (χ2n) is 6.90. The molecule has 0 atom stereocenters. The van der Waals surface area contributed by atoms with Crippen LogP contribution >= 0.6 is 0 Å². The molecule has 0 aliphatic heterocycles. The lowest BCUT2D eigenvalue weighted by Crippen LogP contribution is -1.98. The Morgan fingerprint density at radius 1 is 0.900 bits per heavy atom. The van der Waals surface area contributed by atoms with E-state index in [4.69, 9.17) is 9.47 Å². The largest absolute Gasteiger partial charge is 0.493 e. The van der Waals surface area contributed by atoms with E-state index in [1.54, 1.807) is 7.11 Å². The molecule has 148 valence electrons. The first-order valence-corrected chi connectivity index (χ1v) is 9.66. The maximum Gasteiger partial charge on any atom is 0.181 e. The Morgan fingerprint density at radius 2 is 1.73 bits per heavy atom. The number of para-hydroxylation sites is 1. The standard InChI is InChI=1S/C24H20N4O2/c1-29-22-13-17(11-12-21(22)30-15-16-7-3-2-4-8-16)23-26-24(28-27-23)19-14-25-20-10-6-5-9-18(19)20/h2-14,25H,15H2,1H3,(H,26,27,28). The van der Waals surface area contributed by atoms with Gasteiger partial charge in [0.2, 0.25) is 0 Å². The zero-order chi connectivity index (χ0) is 20.3. The molecule has 30 heavy (non-hydrogen) atoms. The van der Waals surface area contributed by atoms with Crippen molar-refractivity contribution < 1.29 is 9.47 Å². The zero-order valence-electron chi connectivity index (χ0n) is 16.4. The van der Waals surface area contributed by atoms with E-state index in [1.165, 1.54) is 0 Å². The normalized spacial score (nSPS) is 11.0. The van der Waals surface area contributed by atoms with Gasteiger partial charge in [-0.2, -0.15) is 5.10 Å². The number of ether oxygens (including phenoxy) is 2. The molecule has 0 saturated heterocycles. The molecule has 0 amide bonds. The van der Waals surface area contributed by atoms with Crippen LogP contribution in [0.15, 0.2) is 79.0 Å². The van der Waals surface area contributed by atoms with Crippen molar-refractivity contribution in [3.8, 4) is 34.3 Å². The van der Waals surface area contributed by atoms with Gasteiger partial charge >= 0.3 is 0 Å². The Morgan fingerprint density at radius 3 is 2.60 bits per heavy atom. The van der Waals surface area contributed by atoms with Crippen LogP contribution in [-0.4, -0.2) is 27.3 Å². The molecule has 0 spiro atoms. The van der Waals surface area contributed by atoms with E-state index in [-0.39, 0.29) is 0 Å². The van der Waals surface area contributed by atoms with Gasteiger partial charge in [0.05, 0.1) is 7.11 Å². The summed E-state index contributed by atoms with van der Waals surface area (Å²) in [6.07, 6.45) is 1.94. The Bertz CT molecular complexity index is 1290. The summed E-state index contributed by atoms with van der Waals surface area (Å²) in [5.41, 5.74) is 3.99. The highest BCUT2D eigenvalue weighted by Gasteiger charge is 2.14. The topological polar surface area (TPSA) is 75.8 Å². The van der Waals surface area contributed by atoms with Crippen molar-refractivity contribution in [1.82, 2.24) is 20.2 Å². The van der Waals surface area contributed by atoms with E-state index in [0.29, 0.717) is 29.8 Å². The first-order valence-electron chi connectivity index (χ1n) is 9.66. The van der Waals surface area contributed by atoms with Crippen molar-refractivity contribution >= 4 is 10.9 Å². The maximum absolute atomic E-state index is 5.94. The van der Waals surface area contributed by atoms with Crippen LogP contribution in [0.4, 0.5) is 0 Å². The Hall–Kier alpha value is -4.06. The number of H-pyrrole nitrogens is 2. The number of rotatable bonds is 6. The molecular formula is C24H20N4O2. The van der Waals surface area contributed by atoms with Crippen LogP contribution in [-0.2, 0) is 6.61 Å². The molecule has 6 nitrogen and oxygen atoms in total. The van der Waals surface area contributed by atoms with Gasteiger partial charge in [0, 0.05) is 28.2 Å². The van der Waals surface area contributed by atoms with Crippen LogP contribution in [0.1, 0.15) is 5.56 Å². The third-order valence-corrected chi connectivity index (χ3v) is 4.99. The second-order valence-corrected chi connectivity index (χ2v) is 6.90. The predicted molar refractivity (Wildman–Crippen MR) is 116 cm³/mol. The minimum Gasteiger partial charge on any atom is -0.493 e. The summed E-state index contributed by atoms with van der Waals surface area (Å²) < 4.78 is 11.5. The summed E-state index contributed by atoms with van der Waals surface area (Å²) in [5, 5.41) is 8.55. The van der Waals surface area contributed by atoms with Gasteiger partial charge in [0.25, 0.3) is 0 Å². The van der Waals surface area contributed by atoms with Gasteiger partial charge < -0.3 is 14.5 Å². The van der Waals surface area contributed by atoms with E-state index in [1.807, 2.05) is 72.9 Å². The summed E-state index contributed by atoms with van der Waals surface area (Å²) in [6.45, 7) is 0.474. The van der Waals surface area contributed by atoms with Gasteiger partial charge in [-0.25, -0.2) is 4.98 Å². The number of methoxy groups -OCH3 is 1. The van der Waals surface area contributed by atoms with E-state index < -0.39 is 0 Å². The fourth-order valence-electron chi connectivity index (χ4n) is 3.44. The van der Waals surface area contributed by atoms with E-state index in [0.717, 1.165) is 27.6 Å². The molecule has 0 bridgehead atoms. The molecule has 0 saturated carbocycles. The van der Waals surface area contributed by atoms with Crippen molar-refractivity contribution in [3.63, 3.8) is 0 Å². The van der Waals surface area contributed by atoms with Crippen molar-refractivity contribution in [1.29, 1.82) is 0 Å².